The van der Waals surface area contributed by atoms with Gasteiger partial charge in [0.05, 0.1) is 19.3 Å². The SMILES string of the molecule is CC(=O)O[C@@H]1C[C@@]2(C)C3(CO3)C1OC1C=C(C)CC[C@@]12CO. The lowest BCUT2D eigenvalue weighted by Gasteiger charge is -2.57. The van der Waals surface area contributed by atoms with Crippen LogP contribution >= 0.6 is 0 Å². The average Bonchev–Trinajstić information content (AvgIpc) is 3.21. The number of aliphatic hydroxyl groups is 1. The maximum atomic E-state index is 11.5. The van der Waals surface area contributed by atoms with Gasteiger partial charge in [-0.05, 0) is 26.2 Å². The van der Waals surface area contributed by atoms with Gasteiger partial charge in [0, 0.05) is 17.8 Å². The summed E-state index contributed by atoms with van der Waals surface area (Å²) in [6.07, 6.45) is 4.06. The Kier molecular flexibility index (Phi) is 2.89. The third-order valence-corrected chi connectivity index (χ3v) is 6.73. The summed E-state index contributed by atoms with van der Waals surface area (Å²) in [6.45, 7) is 6.43. The Morgan fingerprint density at radius 1 is 1.55 bits per heavy atom. The van der Waals surface area contributed by atoms with Gasteiger partial charge in [0.2, 0.25) is 0 Å². The lowest BCUT2D eigenvalue weighted by atomic mass is 9.52. The standard InChI is InChI=1S/C17H24O5/c1-10-4-5-16(8-18)13(6-10)22-14-12(21-11(2)19)7-15(16,3)17(14)9-20-17/h6,12-14,18H,4-5,7-9H2,1-3H3/t12-,13?,14?,15-,16-,17?/m1/s1. The number of epoxide rings is 1. The highest BCUT2D eigenvalue weighted by Gasteiger charge is 2.81. The molecule has 3 unspecified atom stereocenters. The quantitative estimate of drug-likeness (QED) is 0.476. The highest BCUT2D eigenvalue weighted by molar-refractivity contribution is 5.66. The van der Waals surface area contributed by atoms with Crippen molar-refractivity contribution < 1.29 is 24.1 Å². The first kappa shape index (κ1) is 14.7. The van der Waals surface area contributed by atoms with Gasteiger partial charge in [-0.2, -0.15) is 0 Å². The van der Waals surface area contributed by atoms with E-state index in [2.05, 4.69) is 19.9 Å². The van der Waals surface area contributed by atoms with E-state index in [1.54, 1.807) is 0 Å². The molecule has 22 heavy (non-hydrogen) atoms. The van der Waals surface area contributed by atoms with Crippen LogP contribution in [0.25, 0.3) is 0 Å². The molecule has 0 aromatic heterocycles. The summed E-state index contributed by atoms with van der Waals surface area (Å²) in [5, 5.41) is 10.3. The molecule has 5 heteroatoms. The molecule has 1 N–H and O–H groups in total. The maximum Gasteiger partial charge on any atom is 0.302 e. The maximum absolute atomic E-state index is 11.5. The van der Waals surface area contributed by atoms with Crippen LogP contribution in [0.3, 0.4) is 0 Å². The molecule has 122 valence electrons. The van der Waals surface area contributed by atoms with E-state index in [9.17, 15) is 9.90 Å². The van der Waals surface area contributed by atoms with Crippen molar-refractivity contribution in [2.24, 2.45) is 10.8 Å². The molecule has 1 spiro atoms. The second-order valence-electron chi connectivity index (χ2n) is 7.67. The Labute approximate surface area is 130 Å². The Hall–Kier alpha value is -0.910. The largest absolute Gasteiger partial charge is 0.460 e. The van der Waals surface area contributed by atoms with Crippen LogP contribution in [0.15, 0.2) is 11.6 Å². The van der Waals surface area contributed by atoms with Crippen molar-refractivity contribution in [3.05, 3.63) is 11.6 Å². The van der Waals surface area contributed by atoms with E-state index in [0.717, 1.165) is 12.8 Å². The highest BCUT2D eigenvalue weighted by Crippen LogP contribution is 2.71. The number of ether oxygens (including phenoxy) is 3. The van der Waals surface area contributed by atoms with Gasteiger partial charge >= 0.3 is 5.97 Å². The Balaban J connectivity index is 1.80. The number of aliphatic hydroxyl groups excluding tert-OH is 1. The first-order chi connectivity index (χ1) is 10.4. The van der Waals surface area contributed by atoms with Gasteiger partial charge in [-0.25, -0.2) is 0 Å². The van der Waals surface area contributed by atoms with Crippen LogP contribution in [0.1, 0.15) is 40.0 Å². The summed E-state index contributed by atoms with van der Waals surface area (Å²) >= 11 is 0. The minimum Gasteiger partial charge on any atom is -0.460 e. The molecule has 2 heterocycles. The third kappa shape index (κ3) is 1.52. The summed E-state index contributed by atoms with van der Waals surface area (Å²) < 4.78 is 17.8. The van der Waals surface area contributed by atoms with Gasteiger partial charge in [0.1, 0.15) is 17.8 Å². The van der Waals surface area contributed by atoms with Crippen LogP contribution in [-0.2, 0) is 19.0 Å². The van der Waals surface area contributed by atoms with Crippen molar-refractivity contribution in [3.8, 4) is 0 Å². The minimum absolute atomic E-state index is 0.0720. The molecule has 5 nitrogen and oxygen atoms in total. The van der Waals surface area contributed by atoms with Gasteiger partial charge in [-0.15, -0.1) is 0 Å². The van der Waals surface area contributed by atoms with Crippen molar-refractivity contribution in [1.82, 2.24) is 0 Å². The third-order valence-electron chi connectivity index (χ3n) is 6.73. The summed E-state index contributed by atoms with van der Waals surface area (Å²) in [5.41, 5.74) is 0.313. The molecule has 2 aliphatic heterocycles. The monoisotopic (exact) mass is 308 g/mol. The zero-order valence-corrected chi connectivity index (χ0v) is 13.4. The smallest absolute Gasteiger partial charge is 0.302 e. The van der Waals surface area contributed by atoms with E-state index in [1.165, 1.54) is 12.5 Å². The molecule has 0 radical (unpaired) electrons. The molecule has 0 aromatic carbocycles. The fraction of sp³-hybridized carbons (Fsp3) is 0.824. The fourth-order valence-electron chi connectivity index (χ4n) is 5.32. The van der Waals surface area contributed by atoms with Crippen molar-refractivity contribution in [2.45, 2.75) is 63.9 Å². The number of carbonyl (C=O) groups excluding carboxylic acids is 1. The molecular weight excluding hydrogens is 284 g/mol. The molecule has 2 saturated heterocycles. The van der Waals surface area contributed by atoms with Crippen LogP contribution in [-0.4, -0.2) is 48.2 Å². The second-order valence-corrected chi connectivity index (χ2v) is 7.67. The van der Waals surface area contributed by atoms with Crippen LogP contribution in [0, 0.1) is 10.8 Å². The van der Waals surface area contributed by atoms with Gasteiger partial charge < -0.3 is 19.3 Å². The number of fused-ring (bicyclic) bond motifs is 2. The van der Waals surface area contributed by atoms with Crippen LogP contribution in [0.5, 0.6) is 0 Å². The van der Waals surface area contributed by atoms with Crippen LogP contribution in [0.2, 0.25) is 0 Å². The van der Waals surface area contributed by atoms with Crippen molar-refractivity contribution in [1.29, 1.82) is 0 Å². The number of hydrogen-bond acceptors (Lipinski definition) is 5. The number of allylic oxidation sites excluding steroid dienone is 1. The summed E-state index contributed by atoms with van der Waals surface area (Å²) in [6, 6.07) is 0. The van der Waals surface area contributed by atoms with Crippen molar-refractivity contribution in [2.75, 3.05) is 13.2 Å². The van der Waals surface area contributed by atoms with Gasteiger partial charge in [-0.3, -0.25) is 4.79 Å². The van der Waals surface area contributed by atoms with E-state index >= 15 is 0 Å². The fourth-order valence-corrected chi connectivity index (χ4v) is 5.32. The molecule has 1 saturated carbocycles. The minimum atomic E-state index is -0.397. The first-order valence-corrected chi connectivity index (χ1v) is 8.13. The zero-order chi connectivity index (χ0) is 15.8. The average molecular weight is 308 g/mol. The number of esters is 1. The predicted molar refractivity (Wildman–Crippen MR) is 78.1 cm³/mol. The highest BCUT2D eigenvalue weighted by atomic mass is 16.7. The zero-order valence-electron chi connectivity index (χ0n) is 13.4. The molecule has 4 rings (SSSR count). The van der Waals surface area contributed by atoms with Gasteiger partial charge in [-0.1, -0.05) is 18.6 Å². The number of hydrogen-bond donors (Lipinski definition) is 1. The van der Waals surface area contributed by atoms with Crippen LogP contribution in [0.4, 0.5) is 0 Å². The Morgan fingerprint density at radius 2 is 2.27 bits per heavy atom. The van der Waals surface area contributed by atoms with E-state index in [4.69, 9.17) is 14.2 Å². The van der Waals surface area contributed by atoms with Crippen LogP contribution < -0.4 is 0 Å². The lowest BCUT2D eigenvalue weighted by molar-refractivity contribution is -0.218. The van der Waals surface area contributed by atoms with E-state index in [1.807, 2.05) is 0 Å². The molecule has 4 aliphatic rings. The molecule has 6 atom stereocenters. The summed E-state index contributed by atoms with van der Waals surface area (Å²) in [5.74, 6) is -0.284. The number of rotatable bonds is 2. The Morgan fingerprint density at radius 3 is 2.86 bits per heavy atom. The second kappa shape index (κ2) is 4.34. The molecule has 2 bridgehead atoms. The molecule has 0 amide bonds. The number of carbonyl (C=O) groups is 1. The van der Waals surface area contributed by atoms with Gasteiger partial charge in [0.15, 0.2) is 0 Å². The predicted octanol–water partition coefficient (Wildman–Crippen LogP) is 1.58. The van der Waals surface area contributed by atoms with Gasteiger partial charge in [0.25, 0.3) is 0 Å². The van der Waals surface area contributed by atoms with E-state index in [0.29, 0.717) is 13.0 Å². The lowest BCUT2D eigenvalue weighted by Crippen LogP contribution is -2.64. The summed E-state index contributed by atoms with van der Waals surface area (Å²) in [7, 11) is 0. The first-order valence-electron chi connectivity index (χ1n) is 8.13. The normalized spacial score (nSPS) is 52.2. The van der Waals surface area contributed by atoms with Crippen molar-refractivity contribution in [3.63, 3.8) is 0 Å². The molecule has 2 aliphatic carbocycles. The molecule has 3 fully saturated rings. The topological polar surface area (TPSA) is 68.3 Å². The molecular formula is C17H24O5. The van der Waals surface area contributed by atoms with Crippen molar-refractivity contribution >= 4 is 5.97 Å². The van der Waals surface area contributed by atoms with E-state index in [-0.39, 0.29) is 41.7 Å². The van der Waals surface area contributed by atoms with E-state index < -0.39 is 5.60 Å². The molecule has 0 aromatic rings. The summed E-state index contributed by atoms with van der Waals surface area (Å²) in [4.78, 5) is 11.5. The Bertz CT molecular complexity index is 551.